The monoisotopic (exact) mass is 436 g/mol. The molecule has 0 amide bonds. The lowest BCUT2D eigenvalue weighted by atomic mass is 9.96. The number of nitrogens with zero attached hydrogens (tertiary/aromatic N) is 4. The number of anilines is 3. The lowest BCUT2D eigenvalue weighted by molar-refractivity contribution is -0.384. The Morgan fingerprint density at radius 2 is 2.16 bits per heavy atom. The Bertz CT molecular complexity index is 1130. The Kier molecular flexibility index (Phi) is 5.98. The molecule has 168 valence electrons. The van der Waals surface area contributed by atoms with Crippen molar-refractivity contribution in [1.29, 1.82) is 0 Å². The summed E-state index contributed by atoms with van der Waals surface area (Å²) in [4.78, 5) is 34.8. The summed E-state index contributed by atoms with van der Waals surface area (Å²) in [6, 6.07) is 10.7. The zero-order valence-electron chi connectivity index (χ0n) is 18.5. The molecule has 9 nitrogen and oxygen atoms in total. The van der Waals surface area contributed by atoms with Gasteiger partial charge in [0.25, 0.3) is 5.69 Å². The van der Waals surface area contributed by atoms with Gasteiger partial charge in [0.05, 0.1) is 16.7 Å². The average molecular weight is 437 g/mol. The van der Waals surface area contributed by atoms with Crippen LogP contribution in [0.25, 0.3) is 10.9 Å². The van der Waals surface area contributed by atoms with Crippen molar-refractivity contribution >= 4 is 40.2 Å². The molecule has 2 aromatic heterocycles. The van der Waals surface area contributed by atoms with Gasteiger partial charge in [-0.05, 0) is 51.0 Å². The summed E-state index contributed by atoms with van der Waals surface area (Å²) in [5.41, 5.74) is 1.84. The number of aromatic nitrogens is 2. The third kappa shape index (κ3) is 4.23. The number of nitro benzene ring substituents is 1. The molecule has 3 heterocycles. The Balaban J connectivity index is 1.54. The van der Waals surface area contributed by atoms with E-state index in [1.165, 1.54) is 6.07 Å². The first kappa shape index (κ1) is 21.6. The Labute approximate surface area is 186 Å². The number of carbonyl (C=O) groups excluding carboxylic acids is 1. The van der Waals surface area contributed by atoms with Gasteiger partial charge in [-0.3, -0.25) is 10.1 Å². The number of non-ortho nitro benzene ring substituents is 1. The molecule has 9 heteroatoms. The third-order valence-corrected chi connectivity index (χ3v) is 6.00. The molecule has 0 saturated carbocycles. The van der Waals surface area contributed by atoms with Gasteiger partial charge in [-0.2, -0.15) is 0 Å². The topological polar surface area (TPSA) is 107 Å². The predicted octanol–water partition coefficient (Wildman–Crippen LogP) is 3.96. The number of aldehydes is 1. The Morgan fingerprint density at radius 3 is 2.88 bits per heavy atom. The van der Waals surface area contributed by atoms with Crippen LogP contribution in [-0.2, 0) is 4.79 Å². The molecule has 1 saturated heterocycles. The average Bonchev–Trinajstić information content (AvgIpc) is 3.21. The van der Waals surface area contributed by atoms with Gasteiger partial charge in [0.1, 0.15) is 12.1 Å². The number of benzene rings is 1. The van der Waals surface area contributed by atoms with Gasteiger partial charge in [0, 0.05) is 54.9 Å². The molecule has 2 N–H and O–H groups in total. The summed E-state index contributed by atoms with van der Waals surface area (Å²) >= 11 is 0. The maximum absolute atomic E-state index is 12.0. The van der Waals surface area contributed by atoms with E-state index in [0.717, 1.165) is 40.9 Å². The van der Waals surface area contributed by atoms with Crippen molar-refractivity contribution in [3.63, 3.8) is 0 Å². The number of nitrogens with one attached hydrogen (secondary N) is 2. The molecule has 0 aliphatic carbocycles. The van der Waals surface area contributed by atoms with E-state index >= 15 is 0 Å². The second-order valence-corrected chi connectivity index (χ2v) is 8.54. The van der Waals surface area contributed by atoms with Crippen molar-refractivity contribution in [2.45, 2.75) is 44.8 Å². The van der Waals surface area contributed by atoms with Crippen molar-refractivity contribution in [2.24, 2.45) is 0 Å². The van der Waals surface area contributed by atoms with Gasteiger partial charge in [-0.15, -0.1) is 0 Å². The molecule has 1 aliphatic rings. The fourth-order valence-corrected chi connectivity index (χ4v) is 4.41. The van der Waals surface area contributed by atoms with Gasteiger partial charge in [0.2, 0.25) is 0 Å². The highest BCUT2D eigenvalue weighted by atomic mass is 16.6. The number of piperidine rings is 1. The molecule has 1 aliphatic heterocycles. The molecule has 3 aromatic rings. The smallest absolute Gasteiger partial charge is 0.270 e. The van der Waals surface area contributed by atoms with Crippen LogP contribution in [0, 0.1) is 10.1 Å². The van der Waals surface area contributed by atoms with Crippen LogP contribution in [-0.4, -0.2) is 52.9 Å². The molecule has 0 spiro atoms. The number of pyridine rings is 1. The number of H-pyrrole nitrogens is 1. The fourth-order valence-electron chi connectivity index (χ4n) is 4.41. The molecular weight excluding hydrogens is 408 g/mol. The van der Waals surface area contributed by atoms with Gasteiger partial charge in [-0.25, -0.2) is 4.98 Å². The zero-order chi connectivity index (χ0) is 22.8. The van der Waals surface area contributed by atoms with Crippen LogP contribution in [0.4, 0.5) is 23.0 Å². The normalized spacial score (nSPS) is 18.7. The summed E-state index contributed by atoms with van der Waals surface area (Å²) in [7, 11) is 2.03. The number of carbonyl (C=O) groups is 1. The van der Waals surface area contributed by atoms with Gasteiger partial charge in [-0.1, -0.05) is 0 Å². The number of fused-ring (bicyclic) bond motifs is 1. The molecule has 32 heavy (non-hydrogen) atoms. The molecule has 1 fully saturated rings. The minimum absolute atomic E-state index is 0.0523. The van der Waals surface area contributed by atoms with Crippen molar-refractivity contribution in [3.05, 3.63) is 52.7 Å². The van der Waals surface area contributed by atoms with Crippen molar-refractivity contribution in [3.8, 4) is 0 Å². The summed E-state index contributed by atoms with van der Waals surface area (Å²) in [6.07, 6.45) is 4.29. The van der Waals surface area contributed by atoms with Crippen molar-refractivity contribution in [2.75, 3.05) is 28.7 Å². The first-order valence-electron chi connectivity index (χ1n) is 10.8. The van der Waals surface area contributed by atoms with Gasteiger partial charge >= 0.3 is 0 Å². The standard InChI is InChI=1S/C23H28N6O3/c1-15(2)25-21-5-4-9-24-23(21)27(3)17-8-10-28(19(13-17)14-30)22-12-16-11-18(29(31)32)6-7-20(16)26-22/h4-7,9,11-12,14-15,17,19,25-26H,8,10,13H2,1-3H3. The van der Waals surface area contributed by atoms with E-state index in [1.807, 2.05) is 25.2 Å². The Morgan fingerprint density at radius 1 is 1.34 bits per heavy atom. The molecule has 0 radical (unpaired) electrons. The van der Waals surface area contributed by atoms with Gasteiger partial charge in [0.15, 0.2) is 5.82 Å². The van der Waals surface area contributed by atoms with Crippen molar-refractivity contribution in [1.82, 2.24) is 9.97 Å². The number of rotatable bonds is 7. The summed E-state index contributed by atoms with van der Waals surface area (Å²) in [6.45, 7) is 4.87. The lowest BCUT2D eigenvalue weighted by Gasteiger charge is -2.41. The molecular formula is C23H28N6O3. The molecule has 1 aromatic carbocycles. The molecule has 0 bridgehead atoms. The lowest BCUT2D eigenvalue weighted by Crippen LogP contribution is -2.50. The molecule has 2 atom stereocenters. The maximum atomic E-state index is 12.0. The van der Waals surface area contributed by atoms with Crippen molar-refractivity contribution < 1.29 is 9.72 Å². The minimum atomic E-state index is -0.401. The number of aromatic amines is 1. The maximum Gasteiger partial charge on any atom is 0.270 e. The number of hydrogen-bond acceptors (Lipinski definition) is 7. The van der Waals surface area contributed by atoms with E-state index in [1.54, 1.807) is 18.3 Å². The third-order valence-electron chi connectivity index (χ3n) is 6.00. The highest BCUT2D eigenvalue weighted by Gasteiger charge is 2.32. The zero-order valence-corrected chi connectivity index (χ0v) is 18.5. The van der Waals surface area contributed by atoms with E-state index in [4.69, 9.17) is 0 Å². The van der Waals surface area contributed by atoms with Crippen LogP contribution < -0.4 is 15.1 Å². The quantitative estimate of drug-likeness (QED) is 0.328. The van der Waals surface area contributed by atoms with Crippen LogP contribution in [0.2, 0.25) is 0 Å². The largest absolute Gasteiger partial charge is 0.380 e. The second kappa shape index (κ2) is 8.86. The Hall–Kier alpha value is -3.62. The predicted molar refractivity (Wildman–Crippen MR) is 127 cm³/mol. The van der Waals surface area contributed by atoms with E-state index in [9.17, 15) is 14.9 Å². The second-order valence-electron chi connectivity index (χ2n) is 8.54. The first-order chi connectivity index (χ1) is 15.4. The van der Waals surface area contributed by atoms with Crippen LogP contribution >= 0.6 is 0 Å². The number of nitro groups is 1. The number of hydrogen-bond donors (Lipinski definition) is 2. The highest BCUT2D eigenvalue weighted by Crippen LogP contribution is 2.32. The first-order valence-corrected chi connectivity index (χ1v) is 10.8. The van der Waals surface area contributed by atoms with Crippen LogP contribution in [0.3, 0.4) is 0 Å². The SMILES string of the molecule is CC(C)Nc1cccnc1N(C)C1CCN(c2cc3cc([N+](=O)[O-])ccc3[nH]2)C(C=O)C1. The van der Waals surface area contributed by atoms with Crippen LogP contribution in [0.1, 0.15) is 26.7 Å². The fraction of sp³-hybridized carbons (Fsp3) is 0.391. The van der Waals surface area contributed by atoms with E-state index in [2.05, 4.69) is 38.9 Å². The summed E-state index contributed by atoms with van der Waals surface area (Å²) in [5, 5.41) is 15.3. The van der Waals surface area contributed by atoms with Gasteiger partial charge < -0.3 is 24.9 Å². The van der Waals surface area contributed by atoms with Crippen LogP contribution in [0.15, 0.2) is 42.6 Å². The highest BCUT2D eigenvalue weighted by molar-refractivity contribution is 5.86. The van der Waals surface area contributed by atoms with E-state index < -0.39 is 4.92 Å². The molecule has 4 rings (SSSR count). The summed E-state index contributed by atoms with van der Waals surface area (Å²) < 4.78 is 0. The summed E-state index contributed by atoms with van der Waals surface area (Å²) in [5.74, 6) is 1.68. The minimum Gasteiger partial charge on any atom is -0.380 e. The van der Waals surface area contributed by atoms with E-state index in [0.29, 0.717) is 13.0 Å². The van der Waals surface area contributed by atoms with Crippen LogP contribution in [0.5, 0.6) is 0 Å². The van der Waals surface area contributed by atoms with E-state index in [-0.39, 0.29) is 23.8 Å². The molecule has 2 unspecified atom stereocenters.